The Kier molecular flexibility index (Phi) is 28.3. The molecule has 2 unspecified atom stereocenters. The molecule has 0 aromatic carbocycles. The highest BCUT2D eigenvalue weighted by atomic mass is 16.5. The van der Waals surface area contributed by atoms with E-state index in [1.165, 1.54) is 82.7 Å². The number of allylic oxidation sites excluding steroid dienone is 1. The molecule has 0 amide bonds. The predicted octanol–water partition coefficient (Wildman–Crippen LogP) is 12.1. The average Bonchev–Trinajstić information content (AvgIpc) is 3.08. The molecule has 49 heavy (non-hydrogen) atoms. The molecule has 1 saturated heterocycles. The van der Waals surface area contributed by atoms with Crippen molar-refractivity contribution in [3.8, 4) is 0 Å². The van der Waals surface area contributed by atoms with Gasteiger partial charge in [0.05, 0.1) is 13.2 Å². The van der Waals surface area contributed by atoms with Gasteiger partial charge in [-0.3, -0.25) is 9.59 Å². The highest BCUT2D eigenvalue weighted by molar-refractivity contribution is 5.69. The van der Waals surface area contributed by atoms with Gasteiger partial charge in [-0.15, -0.1) is 0 Å². The second-order valence-corrected chi connectivity index (χ2v) is 15.1. The number of cyclic esters (lactones) is 2. The van der Waals surface area contributed by atoms with Crippen molar-refractivity contribution in [1.82, 2.24) is 4.90 Å². The molecule has 1 fully saturated rings. The van der Waals surface area contributed by atoms with E-state index < -0.39 is 0 Å². The summed E-state index contributed by atoms with van der Waals surface area (Å²) in [6.45, 7) is 14.8. The van der Waals surface area contributed by atoms with Crippen LogP contribution in [-0.4, -0.2) is 49.7 Å². The highest BCUT2D eigenvalue weighted by Crippen LogP contribution is 2.33. The van der Waals surface area contributed by atoms with E-state index in [-0.39, 0.29) is 23.8 Å². The molecule has 5 heteroatoms. The number of unbranched alkanes of at least 4 members (excludes halogenated alkanes) is 4. The molecule has 5 nitrogen and oxygen atoms in total. The number of esters is 2. The van der Waals surface area contributed by atoms with Gasteiger partial charge in [-0.2, -0.15) is 0 Å². The second-order valence-electron chi connectivity index (χ2n) is 15.1. The fourth-order valence-electron chi connectivity index (χ4n) is 7.16. The Morgan fingerprint density at radius 1 is 0.694 bits per heavy atom. The van der Waals surface area contributed by atoms with E-state index in [4.69, 9.17) is 9.47 Å². The van der Waals surface area contributed by atoms with Crippen LogP contribution in [0.25, 0.3) is 0 Å². The molecule has 0 bridgehead atoms. The Balaban J connectivity index is 2.98. The Labute approximate surface area is 303 Å². The van der Waals surface area contributed by atoms with Gasteiger partial charge in [0.25, 0.3) is 0 Å². The van der Waals surface area contributed by atoms with Gasteiger partial charge < -0.3 is 14.4 Å². The number of hydrogen-bond acceptors (Lipinski definition) is 5. The molecule has 0 radical (unpaired) electrons. The number of nitrogens with zero attached hydrogens (tertiary/aromatic N) is 1. The maximum absolute atomic E-state index is 12.7. The van der Waals surface area contributed by atoms with Crippen molar-refractivity contribution in [3.05, 3.63) is 29.3 Å². The van der Waals surface area contributed by atoms with Crippen LogP contribution in [0.5, 0.6) is 0 Å². The summed E-state index contributed by atoms with van der Waals surface area (Å²) in [6.07, 6.45) is 27.0. The standard InChI is InChI=1S/C44H77NO4/c1-7-10-19-27-40-33-36-48-43(46)30-23-17-13-15-21-25-39(32-35-45(6)38(4)5)26-22-16-14-18-24-31-44(47)49-37-34-41(28-20-11-8-2)42(40)29-12-9-3/h38-41H,3,7-8,10-11,13-28,30-37H2,1-2,4-6H3. The number of carbonyl (C=O) groups excluding carboxylic acids is 2. The Hall–Kier alpha value is -2.02. The highest BCUT2D eigenvalue weighted by Gasteiger charge is 2.24. The Morgan fingerprint density at radius 3 is 1.61 bits per heavy atom. The van der Waals surface area contributed by atoms with Gasteiger partial charge in [-0.1, -0.05) is 128 Å². The minimum atomic E-state index is -0.0680. The predicted molar refractivity (Wildman–Crippen MR) is 207 cm³/mol. The summed E-state index contributed by atoms with van der Waals surface area (Å²) in [6, 6.07) is 0.590. The first-order valence-electron chi connectivity index (χ1n) is 20.7. The molecular weight excluding hydrogens is 606 g/mol. The average molecular weight is 684 g/mol. The van der Waals surface area contributed by atoms with E-state index in [1.807, 2.05) is 0 Å². The van der Waals surface area contributed by atoms with Crippen molar-refractivity contribution < 1.29 is 19.1 Å². The van der Waals surface area contributed by atoms with E-state index in [1.54, 1.807) is 0 Å². The summed E-state index contributed by atoms with van der Waals surface area (Å²) >= 11 is 0. The Bertz CT molecular complexity index is 917. The van der Waals surface area contributed by atoms with Gasteiger partial charge in [0.2, 0.25) is 0 Å². The van der Waals surface area contributed by atoms with E-state index in [0.29, 0.717) is 32.1 Å². The van der Waals surface area contributed by atoms with Crippen molar-refractivity contribution in [2.45, 2.75) is 194 Å². The van der Waals surface area contributed by atoms with Crippen LogP contribution in [0.4, 0.5) is 0 Å². The first-order valence-corrected chi connectivity index (χ1v) is 20.7. The van der Waals surface area contributed by atoms with Crippen LogP contribution < -0.4 is 0 Å². The molecule has 0 N–H and O–H groups in total. The first kappa shape index (κ1) is 45.0. The van der Waals surface area contributed by atoms with Crippen LogP contribution >= 0.6 is 0 Å². The number of ether oxygens (including phenoxy) is 2. The molecule has 0 saturated carbocycles. The van der Waals surface area contributed by atoms with Crippen molar-refractivity contribution in [2.24, 2.45) is 17.8 Å². The zero-order chi connectivity index (χ0) is 36.0. The van der Waals surface area contributed by atoms with E-state index >= 15 is 0 Å². The van der Waals surface area contributed by atoms with Crippen LogP contribution in [0.3, 0.4) is 0 Å². The molecular formula is C44H77NO4. The topological polar surface area (TPSA) is 55.8 Å². The van der Waals surface area contributed by atoms with Gasteiger partial charge in [0.15, 0.2) is 0 Å². The maximum Gasteiger partial charge on any atom is 0.305 e. The van der Waals surface area contributed by atoms with Crippen molar-refractivity contribution in [2.75, 3.05) is 26.8 Å². The summed E-state index contributed by atoms with van der Waals surface area (Å²) in [5.41, 5.74) is 10.5. The van der Waals surface area contributed by atoms with E-state index in [9.17, 15) is 9.59 Å². The number of hydrogen-bond donors (Lipinski definition) is 0. The van der Waals surface area contributed by atoms with Crippen molar-refractivity contribution >= 4 is 11.9 Å². The fraction of sp³-hybridized carbons (Fsp3) is 0.841. The monoisotopic (exact) mass is 684 g/mol. The lowest BCUT2D eigenvalue weighted by molar-refractivity contribution is -0.144. The van der Waals surface area contributed by atoms with Gasteiger partial charge in [-0.05, 0) is 108 Å². The molecule has 0 spiro atoms. The minimum absolute atomic E-state index is 0.0680. The molecule has 1 aliphatic heterocycles. The zero-order valence-electron chi connectivity index (χ0n) is 32.9. The van der Waals surface area contributed by atoms with Crippen LogP contribution in [0.15, 0.2) is 29.3 Å². The van der Waals surface area contributed by atoms with Crippen LogP contribution in [0.1, 0.15) is 188 Å². The lowest BCUT2D eigenvalue weighted by atomic mass is 9.79. The lowest BCUT2D eigenvalue weighted by Crippen LogP contribution is -2.28. The van der Waals surface area contributed by atoms with Gasteiger partial charge >= 0.3 is 11.9 Å². The third-order valence-corrected chi connectivity index (χ3v) is 10.7. The van der Waals surface area contributed by atoms with Crippen LogP contribution in [0, 0.1) is 17.8 Å². The molecule has 0 aromatic rings. The number of rotatable bonds is 12. The smallest absolute Gasteiger partial charge is 0.305 e. The third-order valence-electron chi connectivity index (χ3n) is 10.7. The largest absolute Gasteiger partial charge is 0.466 e. The van der Waals surface area contributed by atoms with Crippen LogP contribution in [-0.2, 0) is 19.1 Å². The number of carbonyl (C=O) groups is 2. The molecule has 2 atom stereocenters. The van der Waals surface area contributed by atoms with Gasteiger partial charge in [-0.25, -0.2) is 0 Å². The summed E-state index contributed by atoms with van der Waals surface area (Å²) in [4.78, 5) is 27.9. The fourth-order valence-corrected chi connectivity index (χ4v) is 7.16. The van der Waals surface area contributed by atoms with Crippen molar-refractivity contribution in [1.29, 1.82) is 0 Å². The quantitative estimate of drug-likeness (QED) is 0.116. The third kappa shape index (κ3) is 23.9. The van der Waals surface area contributed by atoms with E-state index in [0.717, 1.165) is 83.0 Å². The normalized spacial score (nSPS) is 22.5. The SMILES string of the molecule is C=C=C=C=C1C(CCCCC)CCOC(=O)CCCCCCCC(CCN(C)C(C)C)CCCCCCCC(=O)OCCC1CCCCC. The zero-order valence-corrected chi connectivity index (χ0v) is 32.9. The molecule has 282 valence electrons. The Morgan fingerprint density at radius 2 is 1.16 bits per heavy atom. The van der Waals surface area contributed by atoms with Gasteiger partial charge in [0, 0.05) is 18.9 Å². The molecule has 0 aliphatic carbocycles. The lowest BCUT2D eigenvalue weighted by Gasteiger charge is -2.26. The minimum Gasteiger partial charge on any atom is -0.466 e. The molecule has 1 heterocycles. The van der Waals surface area contributed by atoms with E-state index in [2.05, 4.69) is 63.4 Å². The van der Waals surface area contributed by atoms with Crippen LogP contribution in [0.2, 0.25) is 0 Å². The molecule has 0 aromatic heterocycles. The molecule has 1 aliphatic rings. The van der Waals surface area contributed by atoms with Gasteiger partial charge in [0.1, 0.15) is 0 Å². The summed E-state index contributed by atoms with van der Waals surface area (Å²) < 4.78 is 11.6. The second kappa shape index (κ2) is 30.8. The maximum atomic E-state index is 12.7. The summed E-state index contributed by atoms with van der Waals surface area (Å²) in [7, 11) is 2.25. The summed E-state index contributed by atoms with van der Waals surface area (Å²) in [5, 5.41) is 0. The first-order chi connectivity index (χ1) is 23.8. The summed E-state index contributed by atoms with van der Waals surface area (Å²) in [5.74, 6) is 1.15. The van der Waals surface area contributed by atoms with Crippen molar-refractivity contribution in [3.63, 3.8) is 0 Å². The molecule has 1 rings (SSSR count).